The van der Waals surface area contributed by atoms with E-state index < -0.39 is 18.0 Å². The number of nitrogens with one attached hydrogen (secondary N) is 1. The van der Waals surface area contributed by atoms with Crippen molar-refractivity contribution < 1.29 is 23.9 Å². The second kappa shape index (κ2) is 11.9. The summed E-state index contributed by atoms with van der Waals surface area (Å²) in [5, 5.41) is 2.76. The van der Waals surface area contributed by atoms with Crippen LogP contribution in [0.5, 0.6) is 0 Å². The first-order valence-electron chi connectivity index (χ1n) is 12.8. The monoisotopic (exact) mass is 511 g/mol. The van der Waals surface area contributed by atoms with Gasteiger partial charge in [0, 0.05) is 35.4 Å². The molecule has 2 atom stereocenters. The molecule has 2 aliphatic rings. The summed E-state index contributed by atoms with van der Waals surface area (Å²) in [6.45, 7) is 1.19. The van der Waals surface area contributed by atoms with Crippen LogP contribution in [0, 0.1) is 0 Å². The third-order valence-corrected chi connectivity index (χ3v) is 6.61. The average molecular weight is 512 g/mol. The van der Waals surface area contributed by atoms with E-state index in [0.29, 0.717) is 24.3 Å². The van der Waals surface area contributed by atoms with Crippen LogP contribution in [0.4, 0.5) is 5.69 Å². The Kier molecular flexibility index (Phi) is 8.01. The van der Waals surface area contributed by atoms with Crippen LogP contribution in [0.15, 0.2) is 83.9 Å². The fourth-order valence-electron chi connectivity index (χ4n) is 4.71. The van der Waals surface area contributed by atoms with Crippen LogP contribution >= 0.6 is 0 Å². The van der Waals surface area contributed by atoms with Crippen molar-refractivity contribution >= 4 is 29.5 Å². The molecule has 0 radical (unpaired) electrons. The molecule has 0 aromatic heterocycles. The third-order valence-electron chi connectivity index (χ3n) is 6.61. The molecule has 2 heterocycles. The summed E-state index contributed by atoms with van der Waals surface area (Å²) < 4.78 is 11.6. The number of anilines is 1. The predicted molar refractivity (Wildman–Crippen MR) is 144 cm³/mol. The predicted octanol–water partition coefficient (Wildman–Crippen LogP) is 3.98. The Morgan fingerprint density at radius 2 is 1.79 bits per heavy atom. The molecule has 0 aliphatic carbocycles. The van der Waals surface area contributed by atoms with Gasteiger partial charge in [-0.3, -0.25) is 14.4 Å². The molecular formula is C30H29N3O5. The molecule has 0 saturated carbocycles. The summed E-state index contributed by atoms with van der Waals surface area (Å²) in [4.78, 5) is 45.1. The molecule has 38 heavy (non-hydrogen) atoms. The van der Waals surface area contributed by atoms with E-state index >= 15 is 0 Å². The number of hydrogen-bond donors (Lipinski definition) is 1. The molecule has 8 heteroatoms. The molecule has 0 bridgehead atoms. The summed E-state index contributed by atoms with van der Waals surface area (Å²) in [5.41, 5.74) is 3.26. The lowest BCUT2D eigenvalue weighted by molar-refractivity contribution is -0.161. The van der Waals surface area contributed by atoms with Crippen molar-refractivity contribution in [3.63, 3.8) is 0 Å². The number of aldehydes is 1. The first-order chi connectivity index (χ1) is 18.7. The van der Waals surface area contributed by atoms with Crippen molar-refractivity contribution in [2.45, 2.75) is 31.7 Å². The number of ether oxygens (including phenoxy) is 2. The van der Waals surface area contributed by atoms with Crippen LogP contribution in [0.2, 0.25) is 0 Å². The average Bonchev–Trinajstić information content (AvgIpc) is 3.08. The van der Waals surface area contributed by atoms with Crippen molar-refractivity contribution in [1.82, 2.24) is 5.32 Å². The molecule has 1 saturated heterocycles. The Morgan fingerprint density at radius 3 is 2.58 bits per heavy atom. The summed E-state index contributed by atoms with van der Waals surface area (Å²) >= 11 is 0. The van der Waals surface area contributed by atoms with Crippen LogP contribution < -0.4 is 10.2 Å². The lowest BCUT2D eigenvalue weighted by atomic mass is 10.0. The van der Waals surface area contributed by atoms with E-state index in [1.165, 1.54) is 0 Å². The Morgan fingerprint density at radius 1 is 1.03 bits per heavy atom. The number of fused-ring (bicyclic) bond motifs is 1. The maximum atomic E-state index is 13.9. The minimum atomic E-state index is -1.21. The lowest BCUT2D eigenvalue weighted by Gasteiger charge is -2.27. The van der Waals surface area contributed by atoms with Gasteiger partial charge in [-0.1, -0.05) is 66.7 Å². The molecule has 3 aromatic carbocycles. The largest absolute Gasteiger partial charge is 0.353 e. The highest BCUT2D eigenvalue weighted by Gasteiger charge is 2.33. The minimum Gasteiger partial charge on any atom is -0.353 e. The zero-order valence-corrected chi connectivity index (χ0v) is 20.9. The van der Waals surface area contributed by atoms with Gasteiger partial charge in [0.15, 0.2) is 12.6 Å². The van der Waals surface area contributed by atoms with Crippen molar-refractivity contribution in [3.8, 4) is 0 Å². The van der Waals surface area contributed by atoms with Crippen LogP contribution in [0.25, 0.3) is 0 Å². The van der Waals surface area contributed by atoms with E-state index in [2.05, 4.69) is 5.32 Å². The number of benzodiazepines with no additional fused rings is 1. The normalized spacial score (nSPS) is 19.2. The molecule has 3 aromatic rings. The SMILES string of the molecule is O=Cc1ccccc1C(=O)NC1N=C(c2ccccc2)c2ccccc2N(CCOC2CCCCO2)C1=O. The van der Waals surface area contributed by atoms with Gasteiger partial charge in [0.1, 0.15) is 0 Å². The van der Waals surface area contributed by atoms with E-state index in [0.717, 1.165) is 30.4 Å². The molecule has 5 rings (SSSR count). The molecule has 1 fully saturated rings. The van der Waals surface area contributed by atoms with Crippen molar-refractivity contribution in [2.75, 3.05) is 24.7 Å². The lowest BCUT2D eigenvalue weighted by Crippen LogP contribution is -2.48. The van der Waals surface area contributed by atoms with E-state index in [4.69, 9.17) is 14.5 Å². The first-order valence-corrected chi connectivity index (χ1v) is 12.8. The number of benzene rings is 3. The van der Waals surface area contributed by atoms with Gasteiger partial charge in [0.05, 0.1) is 18.0 Å². The zero-order chi connectivity index (χ0) is 26.3. The van der Waals surface area contributed by atoms with Gasteiger partial charge in [-0.05, 0) is 31.4 Å². The number of hydrogen-bond acceptors (Lipinski definition) is 6. The molecule has 2 amide bonds. The van der Waals surface area contributed by atoms with E-state index in [1.807, 2.05) is 54.6 Å². The van der Waals surface area contributed by atoms with Crippen LogP contribution in [-0.4, -0.2) is 56.0 Å². The second-order valence-corrected chi connectivity index (χ2v) is 9.10. The van der Waals surface area contributed by atoms with Gasteiger partial charge < -0.3 is 19.7 Å². The number of rotatable bonds is 8. The van der Waals surface area contributed by atoms with E-state index in [1.54, 1.807) is 29.2 Å². The van der Waals surface area contributed by atoms with E-state index in [9.17, 15) is 14.4 Å². The van der Waals surface area contributed by atoms with Gasteiger partial charge in [-0.2, -0.15) is 0 Å². The smallest absolute Gasteiger partial charge is 0.272 e. The van der Waals surface area contributed by atoms with E-state index in [-0.39, 0.29) is 30.6 Å². The van der Waals surface area contributed by atoms with Crippen LogP contribution in [-0.2, 0) is 14.3 Å². The Balaban J connectivity index is 1.49. The topological polar surface area (TPSA) is 97.3 Å². The van der Waals surface area contributed by atoms with Gasteiger partial charge >= 0.3 is 0 Å². The number of carbonyl (C=O) groups is 3. The maximum absolute atomic E-state index is 13.9. The van der Waals surface area contributed by atoms with Gasteiger partial charge in [-0.25, -0.2) is 4.99 Å². The molecule has 0 spiro atoms. The summed E-state index contributed by atoms with van der Waals surface area (Å²) in [7, 11) is 0. The number of aliphatic imine (C=N–C) groups is 1. The second-order valence-electron chi connectivity index (χ2n) is 9.10. The van der Waals surface area contributed by atoms with Gasteiger partial charge in [0.25, 0.3) is 11.8 Å². The van der Waals surface area contributed by atoms with Crippen molar-refractivity contribution in [1.29, 1.82) is 0 Å². The Bertz CT molecular complexity index is 1330. The molecule has 8 nitrogen and oxygen atoms in total. The summed E-state index contributed by atoms with van der Waals surface area (Å²) in [6.07, 6.45) is 2.01. The highest BCUT2D eigenvalue weighted by Crippen LogP contribution is 2.28. The molecule has 2 aliphatic heterocycles. The highest BCUT2D eigenvalue weighted by molar-refractivity contribution is 6.20. The van der Waals surface area contributed by atoms with Crippen molar-refractivity contribution in [3.05, 3.63) is 101 Å². The highest BCUT2D eigenvalue weighted by atomic mass is 16.7. The number of carbonyl (C=O) groups excluding carboxylic acids is 3. The molecule has 194 valence electrons. The minimum absolute atomic E-state index is 0.179. The fraction of sp³-hybridized carbons (Fsp3) is 0.267. The molecular weight excluding hydrogens is 482 g/mol. The summed E-state index contributed by atoms with van der Waals surface area (Å²) in [6, 6.07) is 23.5. The molecule has 2 unspecified atom stereocenters. The molecule has 1 N–H and O–H groups in total. The number of para-hydroxylation sites is 1. The van der Waals surface area contributed by atoms with Gasteiger partial charge in [-0.15, -0.1) is 0 Å². The van der Waals surface area contributed by atoms with Crippen LogP contribution in [0.1, 0.15) is 51.1 Å². The van der Waals surface area contributed by atoms with Crippen molar-refractivity contribution in [2.24, 2.45) is 4.99 Å². The number of amides is 2. The Labute approximate surface area is 221 Å². The van der Waals surface area contributed by atoms with Crippen LogP contribution in [0.3, 0.4) is 0 Å². The van der Waals surface area contributed by atoms with Gasteiger partial charge in [0.2, 0.25) is 6.17 Å². The quantitative estimate of drug-likeness (QED) is 0.462. The third kappa shape index (κ3) is 5.56. The standard InChI is InChI=1S/C30H29N3O5/c34-20-22-12-4-5-13-23(22)29(35)32-28-30(36)33(17-19-38-26-16-8-9-18-37-26)25-15-7-6-14-24(25)27(31-28)21-10-2-1-3-11-21/h1-7,10-15,20,26,28H,8-9,16-19H2,(H,32,35). The zero-order valence-electron chi connectivity index (χ0n) is 20.9. The Hall–Kier alpha value is -4.14. The first kappa shape index (κ1) is 25.5. The fourth-order valence-corrected chi connectivity index (χ4v) is 4.71. The maximum Gasteiger partial charge on any atom is 0.272 e. The number of nitrogens with zero attached hydrogens (tertiary/aromatic N) is 2. The summed E-state index contributed by atoms with van der Waals surface area (Å²) in [5.74, 6) is -0.951.